The van der Waals surface area contributed by atoms with Gasteiger partial charge in [-0.2, -0.15) is 5.26 Å². The van der Waals surface area contributed by atoms with Crippen LogP contribution in [0.2, 0.25) is 0 Å². The van der Waals surface area contributed by atoms with Gasteiger partial charge in [0.1, 0.15) is 11.6 Å². The number of benzene rings is 1. The van der Waals surface area contributed by atoms with Gasteiger partial charge in [-0.3, -0.25) is 0 Å². The van der Waals surface area contributed by atoms with Crippen molar-refractivity contribution in [3.05, 3.63) is 29.6 Å². The number of nitrogens with one attached hydrogen (secondary N) is 1. The predicted molar refractivity (Wildman–Crippen MR) is 75.9 cm³/mol. The fourth-order valence-electron chi connectivity index (χ4n) is 2.35. The van der Waals surface area contributed by atoms with Crippen LogP contribution in [0.4, 0.5) is 4.39 Å². The van der Waals surface area contributed by atoms with E-state index in [-0.39, 0.29) is 17.3 Å². The number of nitriles is 1. The van der Waals surface area contributed by atoms with Crippen LogP contribution in [0, 0.1) is 22.6 Å². The van der Waals surface area contributed by atoms with Crippen LogP contribution in [0.15, 0.2) is 18.2 Å². The highest BCUT2D eigenvalue weighted by Crippen LogP contribution is 2.49. The normalized spacial score (nSPS) is 17.3. The molecule has 1 aliphatic carbocycles. The molecule has 0 aromatic heterocycles. The Morgan fingerprint density at radius 2 is 2.25 bits per heavy atom. The first-order valence-corrected chi connectivity index (χ1v) is 7.13. The third-order valence-corrected chi connectivity index (χ3v) is 3.89. The molecule has 108 valence electrons. The summed E-state index contributed by atoms with van der Waals surface area (Å²) in [6.07, 6.45) is 2.62. The molecule has 1 aromatic carbocycles. The van der Waals surface area contributed by atoms with Crippen molar-refractivity contribution in [1.29, 1.82) is 5.26 Å². The zero-order chi connectivity index (χ0) is 14.6. The van der Waals surface area contributed by atoms with Gasteiger partial charge in [0.2, 0.25) is 0 Å². The number of ether oxygens (including phenoxy) is 1. The Morgan fingerprint density at radius 1 is 1.50 bits per heavy atom. The molecule has 1 N–H and O–H groups in total. The van der Waals surface area contributed by atoms with Crippen LogP contribution < -0.4 is 10.1 Å². The van der Waals surface area contributed by atoms with E-state index >= 15 is 0 Å². The minimum Gasteiger partial charge on any atom is -0.493 e. The molecule has 1 fully saturated rings. The Bertz CT molecular complexity index is 506. The van der Waals surface area contributed by atoms with Crippen LogP contribution in [0.25, 0.3) is 0 Å². The first kappa shape index (κ1) is 14.8. The first-order valence-electron chi connectivity index (χ1n) is 7.13. The van der Waals surface area contributed by atoms with E-state index in [0.29, 0.717) is 18.8 Å². The van der Waals surface area contributed by atoms with Gasteiger partial charge in [0.25, 0.3) is 0 Å². The summed E-state index contributed by atoms with van der Waals surface area (Å²) >= 11 is 0. The smallest absolute Gasteiger partial charge is 0.124 e. The number of rotatable bonds is 7. The van der Waals surface area contributed by atoms with Gasteiger partial charge in [-0.15, -0.1) is 0 Å². The second-order valence-corrected chi connectivity index (χ2v) is 5.59. The summed E-state index contributed by atoms with van der Waals surface area (Å²) in [7, 11) is 0. The summed E-state index contributed by atoms with van der Waals surface area (Å²) in [4.78, 5) is 0. The highest BCUT2D eigenvalue weighted by molar-refractivity contribution is 5.36. The van der Waals surface area contributed by atoms with Gasteiger partial charge in [-0.05, 0) is 44.5 Å². The maximum absolute atomic E-state index is 13.4. The molecule has 0 radical (unpaired) electrons. The Morgan fingerprint density at radius 3 is 2.85 bits per heavy atom. The Hall–Kier alpha value is -1.60. The van der Waals surface area contributed by atoms with Crippen molar-refractivity contribution in [1.82, 2.24) is 5.32 Å². The number of nitrogens with zero attached hydrogens (tertiary/aromatic N) is 1. The zero-order valence-corrected chi connectivity index (χ0v) is 12.1. The minimum atomic E-state index is -0.254. The van der Waals surface area contributed by atoms with E-state index in [1.807, 2.05) is 13.8 Å². The predicted octanol–water partition coefficient (Wildman–Crippen LogP) is 3.57. The molecule has 4 heteroatoms. The molecule has 2 rings (SSSR count). The molecule has 1 aliphatic rings. The van der Waals surface area contributed by atoms with E-state index in [1.165, 1.54) is 12.1 Å². The summed E-state index contributed by atoms with van der Waals surface area (Å²) in [6, 6.07) is 6.88. The molecule has 1 unspecified atom stereocenters. The molecule has 0 aliphatic heterocycles. The van der Waals surface area contributed by atoms with Gasteiger partial charge in [-0.1, -0.05) is 6.92 Å². The van der Waals surface area contributed by atoms with E-state index in [9.17, 15) is 4.39 Å². The Balaban J connectivity index is 2.09. The average molecular weight is 276 g/mol. The average Bonchev–Trinajstić information content (AvgIpc) is 3.18. The van der Waals surface area contributed by atoms with Crippen molar-refractivity contribution in [2.45, 2.75) is 39.2 Å². The fourth-order valence-corrected chi connectivity index (χ4v) is 2.35. The third kappa shape index (κ3) is 3.49. The van der Waals surface area contributed by atoms with E-state index in [4.69, 9.17) is 10.00 Å². The monoisotopic (exact) mass is 276 g/mol. The third-order valence-electron chi connectivity index (χ3n) is 3.89. The van der Waals surface area contributed by atoms with Crippen LogP contribution >= 0.6 is 0 Å². The lowest BCUT2D eigenvalue weighted by Gasteiger charge is -2.20. The van der Waals surface area contributed by atoms with Crippen molar-refractivity contribution < 1.29 is 9.13 Å². The van der Waals surface area contributed by atoms with Crippen molar-refractivity contribution in [2.24, 2.45) is 5.41 Å². The van der Waals surface area contributed by atoms with Crippen LogP contribution in [0.3, 0.4) is 0 Å². The van der Waals surface area contributed by atoms with Crippen LogP contribution in [-0.2, 0) is 0 Å². The first-order chi connectivity index (χ1) is 9.60. The number of hydrogen-bond acceptors (Lipinski definition) is 3. The van der Waals surface area contributed by atoms with Gasteiger partial charge in [0.05, 0.1) is 12.7 Å². The molecular formula is C16H21FN2O. The van der Waals surface area contributed by atoms with Gasteiger partial charge in [0.15, 0.2) is 0 Å². The van der Waals surface area contributed by atoms with Gasteiger partial charge in [0, 0.05) is 23.4 Å². The van der Waals surface area contributed by atoms with E-state index in [1.54, 1.807) is 6.07 Å². The van der Waals surface area contributed by atoms with Crippen LogP contribution in [-0.4, -0.2) is 13.2 Å². The van der Waals surface area contributed by atoms with Crippen molar-refractivity contribution in [3.8, 4) is 11.8 Å². The minimum absolute atomic E-state index is 0.0296. The number of halogens is 1. The summed E-state index contributed by atoms with van der Waals surface area (Å²) < 4.78 is 19.3. The van der Waals surface area contributed by atoms with E-state index in [2.05, 4.69) is 11.4 Å². The van der Waals surface area contributed by atoms with Crippen molar-refractivity contribution in [2.75, 3.05) is 13.2 Å². The highest BCUT2D eigenvalue weighted by atomic mass is 19.1. The topological polar surface area (TPSA) is 45.0 Å². The van der Waals surface area contributed by atoms with Crippen LogP contribution in [0.1, 0.15) is 44.7 Å². The summed E-state index contributed by atoms with van der Waals surface area (Å²) in [5, 5.41) is 12.1. The SMILES string of the molecule is CCNC(C)c1cc(F)ccc1OCC1(CC#N)CC1. The van der Waals surface area contributed by atoms with Crippen LogP contribution in [0.5, 0.6) is 5.75 Å². The summed E-state index contributed by atoms with van der Waals surface area (Å²) in [5.41, 5.74) is 0.863. The quantitative estimate of drug-likeness (QED) is 0.828. The lowest BCUT2D eigenvalue weighted by Crippen LogP contribution is -2.20. The lowest BCUT2D eigenvalue weighted by atomic mass is 10.0. The summed E-state index contributed by atoms with van der Waals surface area (Å²) in [5.74, 6) is 0.458. The molecule has 0 amide bonds. The van der Waals surface area contributed by atoms with Gasteiger partial charge in [-0.25, -0.2) is 4.39 Å². The maximum atomic E-state index is 13.4. The molecule has 0 spiro atoms. The molecule has 0 saturated heterocycles. The molecule has 1 atom stereocenters. The van der Waals surface area contributed by atoms with E-state index < -0.39 is 0 Å². The molecular weight excluding hydrogens is 255 g/mol. The lowest BCUT2D eigenvalue weighted by molar-refractivity contribution is 0.233. The molecule has 0 bridgehead atoms. The number of hydrogen-bond donors (Lipinski definition) is 1. The van der Waals surface area contributed by atoms with Gasteiger partial charge < -0.3 is 10.1 Å². The van der Waals surface area contributed by atoms with Gasteiger partial charge >= 0.3 is 0 Å². The second kappa shape index (κ2) is 6.23. The van der Waals surface area contributed by atoms with Crippen molar-refractivity contribution in [3.63, 3.8) is 0 Å². The molecule has 1 saturated carbocycles. The van der Waals surface area contributed by atoms with Crippen molar-refractivity contribution >= 4 is 0 Å². The zero-order valence-electron chi connectivity index (χ0n) is 12.1. The summed E-state index contributed by atoms with van der Waals surface area (Å²) in [6.45, 7) is 5.36. The molecule has 20 heavy (non-hydrogen) atoms. The molecule has 3 nitrogen and oxygen atoms in total. The fraction of sp³-hybridized carbons (Fsp3) is 0.562. The largest absolute Gasteiger partial charge is 0.493 e. The molecule has 1 aromatic rings. The Labute approximate surface area is 119 Å². The second-order valence-electron chi connectivity index (χ2n) is 5.59. The highest BCUT2D eigenvalue weighted by Gasteiger charge is 2.43. The maximum Gasteiger partial charge on any atom is 0.124 e. The van der Waals surface area contributed by atoms with E-state index in [0.717, 1.165) is 24.9 Å². The Kier molecular flexibility index (Phi) is 4.61. The molecule has 0 heterocycles. The standard InChI is InChI=1S/C16H21FN2O/c1-3-19-12(2)14-10-13(17)4-5-15(14)20-11-16(6-7-16)8-9-18/h4-5,10,12,19H,3,6-8,11H2,1-2H3.